The first-order valence-electron chi connectivity index (χ1n) is 8.54. The molecule has 1 atom stereocenters. The van der Waals surface area contributed by atoms with Gasteiger partial charge in [0.05, 0.1) is 0 Å². The first-order chi connectivity index (χ1) is 10.3. The average Bonchev–Trinajstić information content (AvgIpc) is 3.21. The Labute approximate surface area is 133 Å². The summed E-state index contributed by atoms with van der Waals surface area (Å²) in [6.45, 7) is 9.54. The largest absolute Gasteiger partial charge is 0.310 e. The van der Waals surface area contributed by atoms with Crippen LogP contribution in [0.1, 0.15) is 37.5 Å². The highest BCUT2D eigenvalue weighted by molar-refractivity contribution is 7.09. The van der Waals surface area contributed by atoms with Gasteiger partial charge in [-0.3, -0.25) is 9.80 Å². The van der Waals surface area contributed by atoms with Crippen LogP contribution in [0.15, 0.2) is 17.5 Å². The monoisotopic (exact) mass is 307 g/mol. The molecule has 1 aromatic rings. The second-order valence-corrected chi connectivity index (χ2v) is 7.60. The lowest BCUT2D eigenvalue weighted by Gasteiger charge is -2.40. The van der Waals surface area contributed by atoms with Gasteiger partial charge in [0.1, 0.15) is 0 Å². The van der Waals surface area contributed by atoms with Gasteiger partial charge < -0.3 is 5.32 Å². The lowest BCUT2D eigenvalue weighted by molar-refractivity contribution is 0.0749. The van der Waals surface area contributed by atoms with Gasteiger partial charge in [0.25, 0.3) is 0 Å². The molecular formula is C17H29N3S. The first-order valence-corrected chi connectivity index (χ1v) is 9.42. The van der Waals surface area contributed by atoms with Crippen LogP contribution in [0.2, 0.25) is 0 Å². The minimum absolute atomic E-state index is 0.649. The maximum atomic E-state index is 3.61. The third kappa shape index (κ3) is 4.28. The number of piperazine rings is 1. The summed E-state index contributed by atoms with van der Waals surface area (Å²) in [5, 5.41) is 5.76. The van der Waals surface area contributed by atoms with Gasteiger partial charge in [-0.25, -0.2) is 0 Å². The van der Waals surface area contributed by atoms with Crippen LogP contribution in [-0.2, 0) is 6.54 Å². The molecule has 1 unspecified atom stereocenters. The van der Waals surface area contributed by atoms with Gasteiger partial charge in [-0.05, 0) is 31.2 Å². The smallest absolute Gasteiger partial charge is 0.0300 e. The molecule has 2 heterocycles. The predicted octanol–water partition coefficient (Wildman–Crippen LogP) is 2.79. The summed E-state index contributed by atoms with van der Waals surface area (Å²) < 4.78 is 0. The highest BCUT2D eigenvalue weighted by atomic mass is 32.1. The fourth-order valence-electron chi connectivity index (χ4n) is 3.76. The standard InChI is InChI=1S/C17H29N3S/c1-15(13-18-14-17-7-4-12-21-17)19-8-10-20(11-9-19)16-5-2-3-6-16/h4,7,12,15-16,18H,2-3,5-6,8-11,13-14H2,1H3. The Hall–Kier alpha value is -0.420. The van der Waals surface area contributed by atoms with Crippen LogP contribution in [0.5, 0.6) is 0 Å². The Bertz CT molecular complexity index is 392. The molecule has 0 amide bonds. The Morgan fingerprint density at radius 1 is 1.24 bits per heavy atom. The molecule has 0 radical (unpaired) electrons. The molecule has 1 aliphatic carbocycles. The SMILES string of the molecule is CC(CNCc1cccs1)N1CCN(C2CCCC2)CC1. The number of hydrogen-bond acceptors (Lipinski definition) is 4. The van der Waals surface area contributed by atoms with Gasteiger partial charge in [-0.2, -0.15) is 0 Å². The van der Waals surface area contributed by atoms with Gasteiger partial charge >= 0.3 is 0 Å². The van der Waals surface area contributed by atoms with Gasteiger partial charge in [0.15, 0.2) is 0 Å². The number of thiophene rings is 1. The van der Waals surface area contributed by atoms with Crippen LogP contribution in [0.3, 0.4) is 0 Å². The topological polar surface area (TPSA) is 18.5 Å². The lowest BCUT2D eigenvalue weighted by Crippen LogP contribution is -2.53. The van der Waals surface area contributed by atoms with Crippen molar-refractivity contribution in [2.75, 3.05) is 32.7 Å². The van der Waals surface area contributed by atoms with Crippen molar-refractivity contribution in [2.24, 2.45) is 0 Å². The van der Waals surface area contributed by atoms with E-state index < -0.39 is 0 Å². The Kier molecular flexibility index (Phi) is 5.69. The van der Waals surface area contributed by atoms with Crippen molar-refractivity contribution in [1.82, 2.24) is 15.1 Å². The number of rotatable bonds is 6. The highest BCUT2D eigenvalue weighted by Gasteiger charge is 2.27. The summed E-state index contributed by atoms with van der Waals surface area (Å²) >= 11 is 1.84. The quantitative estimate of drug-likeness (QED) is 0.872. The van der Waals surface area contributed by atoms with E-state index in [1.165, 1.54) is 56.7 Å². The molecule has 21 heavy (non-hydrogen) atoms. The number of nitrogens with one attached hydrogen (secondary N) is 1. The van der Waals surface area contributed by atoms with E-state index in [0.29, 0.717) is 6.04 Å². The molecule has 1 N–H and O–H groups in total. The van der Waals surface area contributed by atoms with Gasteiger partial charge in [0, 0.05) is 56.2 Å². The van der Waals surface area contributed by atoms with Crippen molar-refractivity contribution in [3.8, 4) is 0 Å². The molecule has 2 aliphatic rings. The zero-order valence-electron chi connectivity index (χ0n) is 13.3. The summed E-state index contributed by atoms with van der Waals surface area (Å²) in [6, 6.07) is 5.89. The fraction of sp³-hybridized carbons (Fsp3) is 0.765. The molecule has 3 rings (SSSR count). The van der Waals surface area contributed by atoms with Crippen molar-refractivity contribution in [3.63, 3.8) is 0 Å². The second kappa shape index (κ2) is 7.73. The van der Waals surface area contributed by atoms with Crippen LogP contribution >= 0.6 is 11.3 Å². The van der Waals surface area contributed by atoms with E-state index in [9.17, 15) is 0 Å². The maximum Gasteiger partial charge on any atom is 0.0300 e. The molecule has 118 valence electrons. The molecule has 2 fully saturated rings. The number of nitrogens with zero attached hydrogens (tertiary/aromatic N) is 2. The minimum Gasteiger partial charge on any atom is -0.310 e. The van der Waals surface area contributed by atoms with Crippen molar-refractivity contribution in [1.29, 1.82) is 0 Å². The van der Waals surface area contributed by atoms with Crippen molar-refractivity contribution in [2.45, 2.75) is 51.2 Å². The summed E-state index contributed by atoms with van der Waals surface area (Å²) in [6.07, 6.45) is 5.79. The van der Waals surface area contributed by atoms with E-state index in [0.717, 1.165) is 19.1 Å². The zero-order valence-corrected chi connectivity index (χ0v) is 14.1. The van der Waals surface area contributed by atoms with E-state index in [2.05, 4.69) is 39.6 Å². The van der Waals surface area contributed by atoms with Gasteiger partial charge in [-0.15, -0.1) is 11.3 Å². The average molecular weight is 308 g/mol. The third-order valence-corrected chi connectivity index (χ3v) is 6.01. The maximum absolute atomic E-state index is 3.61. The third-order valence-electron chi connectivity index (χ3n) is 5.13. The molecule has 0 bridgehead atoms. The number of hydrogen-bond donors (Lipinski definition) is 1. The van der Waals surface area contributed by atoms with Crippen LogP contribution in [0, 0.1) is 0 Å². The second-order valence-electron chi connectivity index (χ2n) is 6.57. The van der Waals surface area contributed by atoms with E-state index in [1.54, 1.807) is 0 Å². The highest BCUT2D eigenvalue weighted by Crippen LogP contribution is 2.24. The van der Waals surface area contributed by atoms with Crippen LogP contribution in [-0.4, -0.2) is 54.6 Å². The minimum atomic E-state index is 0.649. The molecule has 3 nitrogen and oxygen atoms in total. The molecule has 1 aromatic heterocycles. The fourth-order valence-corrected chi connectivity index (χ4v) is 4.43. The molecule has 0 aromatic carbocycles. The van der Waals surface area contributed by atoms with E-state index in [1.807, 2.05) is 11.3 Å². The lowest BCUT2D eigenvalue weighted by atomic mass is 10.1. The normalized spacial score (nSPS) is 23.7. The van der Waals surface area contributed by atoms with Crippen LogP contribution in [0.4, 0.5) is 0 Å². The Balaban J connectivity index is 1.35. The van der Waals surface area contributed by atoms with E-state index in [4.69, 9.17) is 0 Å². The summed E-state index contributed by atoms with van der Waals surface area (Å²) in [7, 11) is 0. The van der Waals surface area contributed by atoms with Crippen molar-refractivity contribution < 1.29 is 0 Å². The molecule has 4 heteroatoms. The Morgan fingerprint density at radius 3 is 2.67 bits per heavy atom. The van der Waals surface area contributed by atoms with Gasteiger partial charge in [0.2, 0.25) is 0 Å². The van der Waals surface area contributed by atoms with E-state index in [-0.39, 0.29) is 0 Å². The Morgan fingerprint density at radius 2 is 2.00 bits per heavy atom. The molecular weight excluding hydrogens is 278 g/mol. The summed E-state index contributed by atoms with van der Waals surface area (Å²) in [4.78, 5) is 6.84. The van der Waals surface area contributed by atoms with Crippen LogP contribution in [0.25, 0.3) is 0 Å². The summed E-state index contributed by atoms with van der Waals surface area (Å²) in [5.41, 5.74) is 0. The van der Waals surface area contributed by atoms with Crippen molar-refractivity contribution in [3.05, 3.63) is 22.4 Å². The predicted molar refractivity (Wildman–Crippen MR) is 90.9 cm³/mol. The molecule has 1 saturated heterocycles. The van der Waals surface area contributed by atoms with Gasteiger partial charge in [-0.1, -0.05) is 18.9 Å². The molecule has 1 saturated carbocycles. The molecule has 0 spiro atoms. The first kappa shape index (κ1) is 15.5. The summed E-state index contributed by atoms with van der Waals surface area (Å²) in [5.74, 6) is 0. The zero-order chi connectivity index (χ0) is 14.5. The van der Waals surface area contributed by atoms with Crippen molar-refractivity contribution >= 4 is 11.3 Å². The molecule has 1 aliphatic heterocycles. The van der Waals surface area contributed by atoms with Crippen LogP contribution < -0.4 is 5.32 Å². The van der Waals surface area contributed by atoms with E-state index >= 15 is 0 Å².